The fraction of sp³-hybridized carbons (Fsp3) is 0.278. The zero-order valence-electron chi connectivity index (χ0n) is 13.2. The van der Waals surface area contributed by atoms with Crippen molar-refractivity contribution in [3.63, 3.8) is 0 Å². The van der Waals surface area contributed by atoms with Gasteiger partial charge in [-0.15, -0.1) is 13.2 Å². The smallest absolute Gasteiger partial charge is 0.405 e. The number of carbonyl (C=O) groups is 1. The van der Waals surface area contributed by atoms with Gasteiger partial charge in [0, 0.05) is 13.0 Å². The largest absolute Gasteiger partial charge is 0.573 e. The summed E-state index contributed by atoms with van der Waals surface area (Å²) >= 11 is 0. The van der Waals surface area contributed by atoms with Gasteiger partial charge in [0.1, 0.15) is 5.75 Å². The van der Waals surface area contributed by atoms with Crippen LogP contribution in [-0.4, -0.2) is 24.9 Å². The van der Waals surface area contributed by atoms with Crippen LogP contribution >= 0.6 is 0 Å². The summed E-state index contributed by atoms with van der Waals surface area (Å²) in [5.74, 6) is -1.16. The molecule has 0 saturated carbocycles. The van der Waals surface area contributed by atoms with Crippen molar-refractivity contribution in [3.05, 3.63) is 65.2 Å². The SMILES string of the molecule is O=C(NCC1Cc2ccccc2CO1)c1ccccc1OC(F)(F)F. The Hall–Kier alpha value is -2.54. The molecule has 4 nitrogen and oxygen atoms in total. The van der Waals surface area contributed by atoms with Crippen LogP contribution in [0.2, 0.25) is 0 Å². The Morgan fingerprint density at radius 3 is 2.56 bits per heavy atom. The van der Waals surface area contributed by atoms with Crippen LogP contribution in [0.15, 0.2) is 48.5 Å². The number of ether oxygens (including phenoxy) is 2. The van der Waals surface area contributed by atoms with Crippen LogP contribution in [0, 0.1) is 0 Å². The van der Waals surface area contributed by atoms with Crippen LogP contribution in [0.5, 0.6) is 5.75 Å². The number of halogens is 3. The number of hydrogen-bond donors (Lipinski definition) is 1. The predicted octanol–water partition coefficient (Wildman–Crippen LogP) is 3.46. The lowest BCUT2D eigenvalue weighted by molar-refractivity contribution is -0.274. The van der Waals surface area contributed by atoms with E-state index in [0.717, 1.165) is 17.2 Å². The molecule has 3 rings (SSSR count). The van der Waals surface area contributed by atoms with Crippen molar-refractivity contribution < 1.29 is 27.4 Å². The lowest BCUT2D eigenvalue weighted by atomic mass is 9.99. The molecule has 0 radical (unpaired) electrons. The maximum absolute atomic E-state index is 12.4. The van der Waals surface area contributed by atoms with Crippen molar-refractivity contribution >= 4 is 5.91 Å². The first-order chi connectivity index (χ1) is 11.9. The Balaban J connectivity index is 1.62. The average Bonchev–Trinajstić information content (AvgIpc) is 2.58. The molecule has 132 valence electrons. The van der Waals surface area contributed by atoms with Gasteiger partial charge in [-0.3, -0.25) is 4.79 Å². The summed E-state index contributed by atoms with van der Waals surface area (Å²) < 4.78 is 46.9. The van der Waals surface area contributed by atoms with Crippen molar-refractivity contribution in [2.45, 2.75) is 25.5 Å². The fourth-order valence-corrected chi connectivity index (χ4v) is 2.71. The number of benzene rings is 2. The molecule has 0 aromatic heterocycles. The van der Waals surface area contributed by atoms with Gasteiger partial charge >= 0.3 is 6.36 Å². The fourth-order valence-electron chi connectivity index (χ4n) is 2.71. The van der Waals surface area contributed by atoms with Gasteiger partial charge in [-0.25, -0.2) is 0 Å². The molecule has 1 N–H and O–H groups in total. The number of alkyl halides is 3. The number of para-hydroxylation sites is 1. The van der Waals surface area contributed by atoms with Crippen molar-refractivity contribution in [1.82, 2.24) is 5.32 Å². The van der Waals surface area contributed by atoms with Gasteiger partial charge in [-0.05, 0) is 23.3 Å². The van der Waals surface area contributed by atoms with Gasteiger partial charge in [0.2, 0.25) is 0 Å². The van der Waals surface area contributed by atoms with Crippen LogP contribution in [0.1, 0.15) is 21.5 Å². The molecule has 1 aliphatic rings. The number of carbonyl (C=O) groups excluding carboxylic acids is 1. The zero-order chi connectivity index (χ0) is 17.9. The molecule has 7 heteroatoms. The topological polar surface area (TPSA) is 47.6 Å². The quantitative estimate of drug-likeness (QED) is 0.918. The Labute approximate surface area is 142 Å². The molecule has 1 heterocycles. The number of hydrogen-bond acceptors (Lipinski definition) is 3. The highest BCUT2D eigenvalue weighted by atomic mass is 19.4. The molecule has 1 aliphatic heterocycles. The molecule has 1 amide bonds. The third kappa shape index (κ3) is 4.51. The van der Waals surface area contributed by atoms with Crippen molar-refractivity contribution in [3.8, 4) is 5.75 Å². The van der Waals surface area contributed by atoms with E-state index in [-0.39, 0.29) is 18.2 Å². The van der Waals surface area contributed by atoms with E-state index in [4.69, 9.17) is 4.74 Å². The molecular formula is C18H16F3NO3. The highest BCUT2D eigenvalue weighted by Crippen LogP contribution is 2.26. The molecule has 0 saturated heterocycles. The number of nitrogens with one attached hydrogen (secondary N) is 1. The summed E-state index contributed by atoms with van der Waals surface area (Å²) in [7, 11) is 0. The van der Waals surface area contributed by atoms with Gasteiger partial charge in [-0.2, -0.15) is 0 Å². The standard InChI is InChI=1S/C18H16F3NO3/c19-18(20,21)25-16-8-4-3-7-15(16)17(23)22-10-14-9-12-5-1-2-6-13(12)11-24-14/h1-8,14H,9-11H2,(H,22,23). The number of rotatable bonds is 4. The molecule has 0 fully saturated rings. The summed E-state index contributed by atoms with van der Waals surface area (Å²) in [4.78, 5) is 12.2. The lowest BCUT2D eigenvalue weighted by Gasteiger charge is -2.25. The maximum atomic E-state index is 12.4. The summed E-state index contributed by atoms with van der Waals surface area (Å²) in [5.41, 5.74) is 2.08. The normalized spacial score (nSPS) is 16.8. The van der Waals surface area contributed by atoms with E-state index in [9.17, 15) is 18.0 Å². The van der Waals surface area contributed by atoms with Crippen LogP contribution in [0.3, 0.4) is 0 Å². The van der Waals surface area contributed by atoms with E-state index in [2.05, 4.69) is 10.1 Å². The van der Waals surface area contributed by atoms with Crippen LogP contribution < -0.4 is 10.1 Å². The van der Waals surface area contributed by atoms with E-state index in [1.54, 1.807) is 0 Å². The summed E-state index contributed by atoms with van der Waals surface area (Å²) in [6.07, 6.45) is -4.45. The third-order valence-corrected chi connectivity index (χ3v) is 3.89. The highest BCUT2D eigenvalue weighted by molar-refractivity contribution is 5.96. The molecule has 25 heavy (non-hydrogen) atoms. The van der Waals surface area contributed by atoms with Crippen LogP contribution in [0.25, 0.3) is 0 Å². The second-order valence-corrected chi connectivity index (χ2v) is 5.66. The Kier molecular flexibility index (Phi) is 4.94. The van der Waals surface area contributed by atoms with Gasteiger partial charge in [0.15, 0.2) is 0 Å². The minimum atomic E-state index is -4.85. The first-order valence-corrected chi connectivity index (χ1v) is 7.74. The van der Waals surface area contributed by atoms with Crippen LogP contribution in [0.4, 0.5) is 13.2 Å². The molecule has 0 aliphatic carbocycles. The average molecular weight is 351 g/mol. The Morgan fingerprint density at radius 2 is 1.80 bits per heavy atom. The lowest BCUT2D eigenvalue weighted by Crippen LogP contribution is -2.37. The van der Waals surface area contributed by atoms with Crippen molar-refractivity contribution in [2.24, 2.45) is 0 Å². The summed E-state index contributed by atoms with van der Waals surface area (Å²) in [6, 6.07) is 13.1. The number of amides is 1. The van der Waals surface area contributed by atoms with E-state index < -0.39 is 18.0 Å². The van der Waals surface area contributed by atoms with Crippen molar-refractivity contribution in [1.29, 1.82) is 0 Å². The molecule has 2 aromatic rings. The summed E-state index contributed by atoms with van der Waals surface area (Å²) in [5, 5.41) is 2.61. The Morgan fingerprint density at radius 1 is 1.12 bits per heavy atom. The van der Waals surface area contributed by atoms with Crippen molar-refractivity contribution in [2.75, 3.05) is 6.54 Å². The number of fused-ring (bicyclic) bond motifs is 1. The molecule has 1 unspecified atom stereocenters. The molecule has 0 bridgehead atoms. The minimum Gasteiger partial charge on any atom is -0.405 e. The third-order valence-electron chi connectivity index (χ3n) is 3.89. The highest BCUT2D eigenvalue weighted by Gasteiger charge is 2.33. The molecular weight excluding hydrogens is 335 g/mol. The van der Waals surface area contributed by atoms with Gasteiger partial charge in [-0.1, -0.05) is 36.4 Å². The van der Waals surface area contributed by atoms with E-state index >= 15 is 0 Å². The molecule has 0 spiro atoms. The second kappa shape index (κ2) is 7.14. The predicted molar refractivity (Wildman–Crippen MR) is 84.2 cm³/mol. The molecule has 2 aromatic carbocycles. The van der Waals surface area contributed by atoms with Gasteiger partial charge in [0.05, 0.1) is 18.3 Å². The first-order valence-electron chi connectivity index (χ1n) is 7.74. The first kappa shape index (κ1) is 17.3. The van der Waals surface area contributed by atoms with E-state index in [1.165, 1.54) is 18.2 Å². The maximum Gasteiger partial charge on any atom is 0.573 e. The minimum absolute atomic E-state index is 0.170. The van der Waals surface area contributed by atoms with Gasteiger partial charge in [0.25, 0.3) is 5.91 Å². The zero-order valence-corrected chi connectivity index (χ0v) is 13.2. The van der Waals surface area contributed by atoms with Crippen LogP contribution in [-0.2, 0) is 17.8 Å². The molecule has 1 atom stereocenters. The monoisotopic (exact) mass is 351 g/mol. The summed E-state index contributed by atoms with van der Waals surface area (Å²) in [6.45, 7) is 0.651. The van der Waals surface area contributed by atoms with E-state index in [1.807, 2.05) is 24.3 Å². The van der Waals surface area contributed by atoms with E-state index in [0.29, 0.717) is 13.0 Å². The second-order valence-electron chi connectivity index (χ2n) is 5.66. The van der Waals surface area contributed by atoms with Gasteiger partial charge < -0.3 is 14.8 Å². The Bertz CT molecular complexity index is 761.